The number of aryl methyl sites for hydroxylation is 3. The number of likely N-dealkylation sites (tertiary alicyclic amines) is 1. The Kier molecular flexibility index (Phi) is 4.49. The van der Waals surface area contributed by atoms with E-state index in [1.54, 1.807) is 4.90 Å². The van der Waals surface area contributed by atoms with Crippen LogP contribution in [0.4, 0.5) is 4.39 Å². The van der Waals surface area contributed by atoms with Gasteiger partial charge in [0, 0.05) is 11.4 Å². The fourth-order valence-corrected chi connectivity index (χ4v) is 4.01. The molecule has 0 aliphatic carbocycles. The summed E-state index contributed by atoms with van der Waals surface area (Å²) in [6.07, 6.45) is 1.83. The lowest BCUT2D eigenvalue weighted by atomic mass is 10.2. The van der Waals surface area contributed by atoms with Crippen LogP contribution in [0, 0.1) is 26.6 Å². The molecule has 8 heteroatoms. The second-order valence-electron chi connectivity index (χ2n) is 6.01. The highest BCUT2D eigenvalue weighted by Gasteiger charge is 2.32. The van der Waals surface area contributed by atoms with Gasteiger partial charge in [-0.05, 0) is 33.6 Å². The monoisotopic (exact) mass is 350 g/mol. The minimum atomic E-state index is -0.870. The van der Waals surface area contributed by atoms with Gasteiger partial charge in [-0.3, -0.25) is 9.59 Å². The van der Waals surface area contributed by atoms with Gasteiger partial charge in [0.15, 0.2) is 0 Å². The van der Waals surface area contributed by atoms with Crippen LogP contribution in [-0.2, 0) is 11.2 Å². The van der Waals surface area contributed by atoms with Crippen molar-refractivity contribution in [1.82, 2.24) is 19.9 Å². The smallest absolute Gasteiger partial charge is 0.287 e. The van der Waals surface area contributed by atoms with E-state index in [1.165, 1.54) is 18.3 Å². The SMILES string of the molecule is Cc1nc(C)c(CC(=O)N2CCC[C@H]2c2nc(C)c(F)c(=O)[nH]2)s1. The van der Waals surface area contributed by atoms with E-state index in [9.17, 15) is 14.0 Å². The molecular formula is C16H19FN4O2S. The number of carbonyl (C=O) groups is 1. The molecule has 0 aromatic carbocycles. The summed E-state index contributed by atoms with van der Waals surface area (Å²) in [5, 5.41) is 0.938. The van der Waals surface area contributed by atoms with Crippen molar-refractivity contribution in [3.05, 3.63) is 43.3 Å². The Bertz CT molecular complexity index is 845. The Labute approximate surface area is 142 Å². The predicted octanol–water partition coefficient (Wildman–Crippen LogP) is 2.20. The van der Waals surface area contributed by atoms with E-state index in [1.807, 2.05) is 13.8 Å². The molecule has 128 valence electrons. The van der Waals surface area contributed by atoms with Crippen molar-refractivity contribution in [2.24, 2.45) is 0 Å². The molecule has 1 fully saturated rings. The van der Waals surface area contributed by atoms with Crippen molar-refractivity contribution in [1.29, 1.82) is 0 Å². The topological polar surface area (TPSA) is 79.0 Å². The van der Waals surface area contributed by atoms with Crippen molar-refractivity contribution in [2.45, 2.75) is 46.1 Å². The van der Waals surface area contributed by atoms with E-state index < -0.39 is 11.4 Å². The summed E-state index contributed by atoms with van der Waals surface area (Å²) < 4.78 is 13.5. The second kappa shape index (κ2) is 6.43. The number of halogens is 1. The third kappa shape index (κ3) is 3.10. The van der Waals surface area contributed by atoms with Gasteiger partial charge in [0.2, 0.25) is 11.7 Å². The van der Waals surface area contributed by atoms with Gasteiger partial charge in [-0.2, -0.15) is 4.39 Å². The number of carbonyl (C=O) groups excluding carboxylic acids is 1. The molecule has 1 aliphatic rings. The molecule has 0 radical (unpaired) electrons. The number of aromatic nitrogens is 3. The molecule has 0 unspecified atom stereocenters. The molecule has 1 atom stereocenters. The molecule has 2 aromatic rings. The van der Waals surface area contributed by atoms with E-state index in [4.69, 9.17) is 0 Å². The quantitative estimate of drug-likeness (QED) is 0.920. The van der Waals surface area contributed by atoms with Crippen molar-refractivity contribution < 1.29 is 9.18 Å². The Balaban J connectivity index is 1.84. The summed E-state index contributed by atoms with van der Waals surface area (Å²) in [5.74, 6) is -0.527. The molecule has 2 aromatic heterocycles. The zero-order valence-corrected chi connectivity index (χ0v) is 14.7. The molecule has 0 spiro atoms. The van der Waals surface area contributed by atoms with Crippen LogP contribution in [0.3, 0.4) is 0 Å². The highest BCUT2D eigenvalue weighted by molar-refractivity contribution is 7.11. The largest absolute Gasteiger partial charge is 0.332 e. The van der Waals surface area contributed by atoms with Crippen LogP contribution in [0.15, 0.2) is 4.79 Å². The van der Waals surface area contributed by atoms with Gasteiger partial charge >= 0.3 is 0 Å². The van der Waals surface area contributed by atoms with Crippen molar-refractivity contribution in [3.63, 3.8) is 0 Å². The molecule has 3 heterocycles. The van der Waals surface area contributed by atoms with Crippen LogP contribution in [0.2, 0.25) is 0 Å². The van der Waals surface area contributed by atoms with Gasteiger partial charge in [0.05, 0.1) is 28.9 Å². The number of thiazole rings is 1. The number of nitrogens with one attached hydrogen (secondary N) is 1. The predicted molar refractivity (Wildman–Crippen MR) is 88.5 cm³/mol. The average molecular weight is 350 g/mol. The number of hydrogen-bond acceptors (Lipinski definition) is 5. The normalized spacial score (nSPS) is 17.5. The van der Waals surface area contributed by atoms with E-state index in [-0.39, 0.29) is 24.1 Å². The van der Waals surface area contributed by atoms with Crippen molar-refractivity contribution in [3.8, 4) is 0 Å². The Morgan fingerprint density at radius 3 is 2.71 bits per heavy atom. The first-order chi connectivity index (χ1) is 11.4. The zero-order valence-electron chi connectivity index (χ0n) is 13.9. The number of hydrogen-bond donors (Lipinski definition) is 1. The molecular weight excluding hydrogens is 331 g/mol. The summed E-state index contributed by atoms with van der Waals surface area (Å²) in [7, 11) is 0. The van der Waals surface area contributed by atoms with Crippen molar-refractivity contribution >= 4 is 17.2 Å². The summed E-state index contributed by atoms with van der Waals surface area (Å²) in [6, 6.07) is -0.307. The zero-order chi connectivity index (χ0) is 17.4. The summed E-state index contributed by atoms with van der Waals surface area (Å²) in [4.78, 5) is 38.0. The first-order valence-corrected chi connectivity index (χ1v) is 8.67. The second-order valence-corrected chi connectivity index (χ2v) is 7.30. The minimum absolute atomic E-state index is 0.0196. The van der Waals surface area contributed by atoms with Crippen LogP contribution < -0.4 is 5.56 Å². The Hall–Kier alpha value is -2.09. The summed E-state index contributed by atoms with van der Waals surface area (Å²) >= 11 is 1.52. The molecule has 0 saturated carbocycles. The van der Waals surface area contributed by atoms with Crippen LogP contribution in [-0.4, -0.2) is 32.3 Å². The number of H-pyrrole nitrogens is 1. The molecule has 24 heavy (non-hydrogen) atoms. The van der Waals surface area contributed by atoms with Gasteiger partial charge in [0.1, 0.15) is 5.82 Å². The minimum Gasteiger partial charge on any atom is -0.332 e. The molecule has 3 rings (SSSR count). The van der Waals surface area contributed by atoms with Crippen LogP contribution in [0.5, 0.6) is 0 Å². The van der Waals surface area contributed by atoms with Crippen LogP contribution in [0.1, 0.15) is 46.0 Å². The van der Waals surface area contributed by atoms with E-state index in [0.29, 0.717) is 18.8 Å². The molecule has 6 nitrogen and oxygen atoms in total. The number of rotatable bonds is 3. The lowest BCUT2D eigenvalue weighted by Gasteiger charge is -2.24. The Morgan fingerprint density at radius 1 is 1.33 bits per heavy atom. The maximum Gasteiger partial charge on any atom is 0.287 e. The molecule has 1 N–H and O–H groups in total. The standard InChI is InChI=1S/C16H19FN4O2S/c1-8-12(24-10(3)18-8)7-13(22)21-6-4-5-11(21)15-19-9(2)14(17)16(23)20-15/h11H,4-7H2,1-3H3,(H,19,20,23)/t11-/m0/s1. The van der Waals surface area contributed by atoms with Gasteiger partial charge in [-0.15, -0.1) is 11.3 Å². The summed E-state index contributed by atoms with van der Waals surface area (Å²) in [5.41, 5.74) is 0.151. The lowest BCUT2D eigenvalue weighted by Crippen LogP contribution is -2.34. The van der Waals surface area contributed by atoms with E-state index in [2.05, 4.69) is 15.0 Å². The molecule has 1 aliphatic heterocycles. The average Bonchev–Trinajstić information content (AvgIpc) is 3.11. The third-order valence-corrected chi connectivity index (χ3v) is 5.32. The first kappa shape index (κ1) is 16.8. The van der Waals surface area contributed by atoms with Crippen LogP contribution in [0.25, 0.3) is 0 Å². The number of amides is 1. The van der Waals surface area contributed by atoms with Gasteiger partial charge in [-0.25, -0.2) is 9.97 Å². The third-order valence-electron chi connectivity index (χ3n) is 4.25. The van der Waals surface area contributed by atoms with E-state index >= 15 is 0 Å². The lowest BCUT2D eigenvalue weighted by molar-refractivity contribution is -0.131. The van der Waals surface area contributed by atoms with Gasteiger partial charge in [-0.1, -0.05) is 0 Å². The highest BCUT2D eigenvalue weighted by Crippen LogP contribution is 2.31. The number of aromatic amines is 1. The van der Waals surface area contributed by atoms with Crippen molar-refractivity contribution in [2.75, 3.05) is 6.54 Å². The fourth-order valence-electron chi connectivity index (χ4n) is 3.08. The summed E-state index contributed by atoms with van der Waals surface area (Å²) in [6.45, 7) is 5.88. The maximum absolute atomic E-state index is 13.5. The molecule has 1 amide bonds. The Morgan fingerprint density at radius 2 is 2.08 bits per heavy atom. The molecule has 0 bridgehead atoms. The van der Waals surface area contributed by atoms with Gasteiger partial charge < -0.3 is 9.88 Å². The van der Waals surface area contributed by atoms with Crippen LogP contribution >= 0.6 is 11.3 Å². The van der Waals surface area contributed by atoms with Gasteiger partial charge in [0.25, 0.3) is 5.56 Å². The highest BCUT2D eigenvalue weighted by atomic mass is 32.1. The number of nitrogens with zero attached hydrogens (tertiary/aromatic N) is 3. The first-order valence-electron chi connectivity index (χ1n) is 7.85. The molecule has 1 saturated heterocycles. The fraction of sp³-hybridized carbons (Fsp3) is 0.500. The maximum atomic E-state index is 13.5. The van der Waals surface area contributed by atoms with E-state index in [0.717, 1.165) is 22.0 Å².